The second-order valence-electron chi connectivity index (χ2n) is 6.70. The molecule has 1 aromatic carbocycles. The summed E-state index contributed by atoms with van der Waals surface area (Å²) in [5, 5.41) is 0. The lowest BCUT2D eigenvalue weighted by Gasteiger charge is -2.18. The van der Waals surface area contributed by atoms with Gasteiger partial charge in [0.25, 0.3) is 5.56 Å². The van der Waals surface area contributed by atoms with E-state index in [-0.39, 0.29) is 17.9 Å². The predicted molar refractivity (Wildman–Crippen MR) is 103 cm³/mol. The number of H-pyrrole nitrogens is 1. The Morgan fingerprint density at radius 2 is 1.96 bits per heavy atom. The first-order valence-electron chi connectivity index (χ1n) is 8.65. The molecule has 0 unspecified atom stereocenters. The minimum absolute atomic E-state index is 0.0327. The number of aromatic amines is 1. The molecule has 0 amide bonds. The summed E-state index contributed by atoms with van der Waals surface area (Å²) in [6.45, 7) is 6.90. The zero-order valence-corrected chi connectivity index (χ0v) is 15.8. The van der Waals surface area contributed by atoms with Gasteiger partial charge in [0.15, 0.2) is 5.78 Å². The van der Waals surface area contributed by atoms with Crippen LogP contribution in [-0.4, -0.2) is 33.8 Å². The summed E-state index contributed by atoms with van der Waals surface area (Å²) >= 11 is 0. The van der Waals surface area contributed by atoms with Gasteiger partial charge in [-0.15, -0.1) is 0 Å². The van der Waals surface area contributed by atoms with Crippen molar-refractivity contribution in [3.05, 3.63) is 61.3 Å². The van der Waals surface area contributed by atoms with Crippen LogP contribution in [0.1, 0.15) is 40.4 Å². The number of carbonyl (C=O) groups is 1. The Morgan fingerprint density at radius 1 is 1.27 bits per heavy atom. The molecule has 0 aliphatic carbocycles. The van der Waals surface area contributed by atoms with Crippen LogP contribution in [0.5, 0.6) is 0 Å². The first-order valence-corrected chi connectivity index (χ1v) is 8.65. The topological polar surface area (TPSA) is 101 Å². The lowest BCUT2D eigenvalue weighted by molar-refractivity contribution is 0.0941. The number of nitrogens with two attached hydrogens (primary N) is 1. The molecule has 0 bridgehead atoms. The molecule has 0 saturated heterocycles. The summed E-state index contributed by atoms with van der Waals surface area (Å²) in [6, 6.07) is 6.16. The van der Waals surface area contributed by atoms with Crippen molar-refractivity contribution in [3.63, 3.8) is 0 Å². The number of nitrogen functional groups attached to an aromatic ring is 1. The van der Waals surface area contributed by atoms with Gasteiger partial charge in [0.05, 0.1) is 6.54 Å². The maximum Gasteiger partial charge on any atom is 0.329 e. The predicted octanol–water partition coefficient (Wildman–Crippen LogP) is 1.46. The van der Waals surface area contributed by atoms with E-state index in [1.165, 1.54) is 10.1 Å². The van der Waals surface area contributed by atoms with Gasteiger partial charge in [0.1, 0.15) is 11.4 Å². The molecule has 26 heavy (non-hydrogen) atoms. The van der Waals surface area contributed by atoms with Gasteiger partial charge >= 0.3 is 5.69 Å². The molecule has 0 aliphatic heterocycles. The molecule has 0 aliphatic rings. The largest absolute Gasteiger partial charge is 0.384 e. The van der Waals surface area contributed by atoms with Crippen LogP contribution in [0.15, 0.2) is 27.8 Å². The van der Waals surface area contributed by atoms with E-state index in [0.717, 1.165) is 11.1 Å². The lowest BCUT2D eigenvalue weighted by atomic mass is 10.1. The van der Waals surface area contributed by atoms with E-state index in [2.05, 4.69) is 11.1 Å². The Bertz CT molecular complexity index is 927. The molecule has 7 heteroatoms. The third-order valence-corrected chi connectivity index (χ3v) is 4.32. The highest BCUT2D eigenvalue weighted by atomic mass is 16.2. The summed E-state index contributed by atoms with van der Waals surface area (Å²) in [7, 11) is 1.81. The quantitative estimate of drug-likeness (QED) is 0.730. The van der Waals surface area contributed by atoms with Gasteiger partial charge in [-0.2, -0.15) is 0 Å². The van der Waals surface area contributed by atoms with Crippen molar-refractivity contribution in [2.75, 3.05) is 19.3 Å². The number of benzene rings is 1. The van der Waals surface area contributed by atoms with Crippen molar-refractivity contribution >= 4 is 11.6 Å². The van der Waals surface area contributed by atoms with Crippen molar-refractivity contribution in [1.29, 1.82) is 0 Å². The van der Waals surface area contributed by atoms with Gasteiger partial charge < -0.3 is 5.73 Å². The molecule has 3 N–H and O–H groups in total. The van der Waals surface area contributed by atoms with Gasteiger partial charge in [-0.05, 0) is 38.4 Å². The second kappa shape index (κ2) is 8.14. The van der Waals surface area contributed by atoms with E-state index in [1.54, 1.807) is 0 Å². The van der Waals surface area contributed by atoms with Crippen molar-refractivity contribution in [2.45, 2.75) is 40.3 Å². The zero-order chi connectivity index (χ0) is 19.4. The van der Waals surface area contributed by atoms with Crippen molar-refractivity contribution in [3.8, 4) is 0 Å². The number of Topliss-reactive ketones (excluding diaryl/α,β-unsaturated/α-hetero) is 1. The van der Waals surface area contributed by atoms with Crippen LogP contribution >= 0.6 is 0 Å². The van der Waals surface area contributed by atoms with E-state index in [4.69, 9.17) is 5.73 Å². The number of likely N-dealkylation sites (N-methyl/N-ethyl adjacent to an activating group) is 1. The number of ketones is 1. The number of nitrogens with zero attached hydrogens (tertiary/aromatic N) is 2. The van der Waals surface area contributed by atoms with Crippen molar-refractivity contribution in [2.24, 2.45) is 0 Å². The van der Waals surface area contributed by atoms with E-state index in [1.807, 2.05) is 44.9 Å². The van der Waals surface area contributed by atoms with Crippen LogP contribution in [-0.2, 0) is 13.1 Å². The summed E-state index contributed by atoms with van der Waals surface area (Å²) in [6.07, 6.45) is 0.663. The molecular weight excluding hydrogens is 332 g/mol. The minimum atomic E-state index is -0.732. The van der Waals surface area contributed by atoms with Crippen LogP contribution in [0.25, 0.3) is 0 Å². The average Bonchev–Trinajstić information content (AvgIpc) is 2.53. The Morgan fingerprint density at radius 3 is 2.58 bits per heavy atom. The monoisotopic (exact) mass is 358 g/mol. The zero-order valence-electron chi connectivity index (χ0n) is 15.8. The maximum absolute atomic E-state index is 12.6. The van der Waals surface area contributed by atoms with Crippen molar-refractivity contribution < 1.29 is 4.79 Å². The van der Waals surface area contributed by atoms with Crippen LogP contribution < -0.4 is 17.0 Å². The molecule has 2 rings (SSSR count). The van der Waals surface area contributed by atoms with Gasteiger partial charge in [0, 0.05) is 13.1 Å². The summed E-state index contributed by atoms with van der Waals surface area (Å²) in [5.74, 6) is -0.466. The Labute approximate surface area is 152 Å². The first-order chi connectivity index (χ1) is 12.2. The van der Waals surface area contributed by atoms with Crippen molar-refractivity contribution in [1.82, 2.24) is 14.5 Å². The molecule has 1 aromatic heterocycles. The number of nitrogens with one attached hydrogen (secondary N) is 1. The van der Waals surface area contributed by atoms with E-state index < -0.39 is 17.0 Å². The highest BCUT2D eigenvalue weighted by Gasteiger charge is 2.20. The molecule has 7 nitrogen and oxygen atoms in total. The highest BCUT2D eigenvalue weighted by molar-refractivity contribution is 6.01. The van der Waals surface area contributed by atoms with Gasteiger partial charge in [-0.1, -0.05) is 30.7 Å². The fourth-order valence-corrected chi connectivity index (χ4v) is 3.00. The number of anilines is 1. The molecule has 2 aromatic rings. The average molecular weight is 358 g/mol. The number of aromatic nitrogens is 2. The lowest BCUT2D eigenvalue weighted by Crippen LogP contribution is -2.38. The molecule has 140 valence electrons. The number of aryl methyl sites for hydroxylation is 2. The Hall–Kier alpha value is -2.67. The maximum atomic E-state index is 12.6. The Balaban J connectivity index is 2.23. The molecule has 0 saturated carbocycles. The number of rotatable bonds is 7. The standard InChI is InChI=1S/C19H26N4O3/c1-5-8-23-17(20)16(18(25)21-19(23)26)15(24)11-22(4)10-14-7-6-12(2)9-13(14)3/h6-7,9H,5,8,10-11,20H2,1-4H3,(H,21,25,26). The Kier molecular flexibility index (Phi) is 6.15. The molecule has 0 fully saturated rings. The minimum Gasteiger partial charge on any atom is -0.384 e. The van der Waals surface area contributed by atoms with E-state index in [9.17, 15) is 14.4 Å². The summed E-state index contributed by atoms with van der Waals surface area (Å²) in [4.78, 5) is 40.6. The number of hydrogen-bond acceptors (Lipinski definition) is 5. The van der Waals surface area contributed by atoms with Gasteiger partial charge in [-0.25, -0.2) is 4.79 Å². The molecule has 1 heterocycles. The summed E-state index contributed by atoms with van der Waals surface area (Å²) in [5.41, 5.74) is 7.93. The SMILES string of the molecule is CCCn1c(N)c(C(=O)CN(C)Cc2ccc(C)cc2C)c(=O)[nH]c1=O. The van der Waals surface area contributed by atoms with E-state index in [0.29, 0.717) is 19.5 Å². The first kappa shape index (κ1) is 19.7. The van der Waals surface area contributed by atoms with Crippen LogP contribution in [0.4, 0.5) is 5.82 Å². The third-order valence-electron chi connectivity index (χ3n) is 4.32. The fourth-order valence-electron chi connectivity index (χ4n) is 3.00. The van der Waals surface area contributed by atoms with Gasteiger partial charge in [-0.3, -0.25) is 24.0 Å². The van der Waals surface area contributed by atoms with Crippen LogP contribution in [0.2, 0.25) is 0 Å². The molecule has 0 spiro atoms. The highest BCUT2D eigenvalue weighted by Crippen LogP contribution is 2.13. The summed E-state index contributed by atoms with van der Waals surface area (Å²) < 4.78 is 1.23. The molecular formula is C19H26N4O3. The number of hydrogen-bond donors (Lipinski definition) is 2. The van der Waals surface area contributed by atoms with Crippen LogP contribution in [0, 0.1) is 13.8 Å². The second-order valence-corrected chi connectivity index (χ2v) is 6.70. The number of carbonyl (C=O) groups excluding carboxylic acids is 1. The molecule has 0 atom stereocenters. The van der Waals surface area contributed by atoms with E-state index >= 15 is 0 Å². The fraction of sp³-hybridized carbons (Fsp3) is 0.421. The van der Waals surface area contributed by atoms with Crippen LogP contribution in [0.3, 0.4) is 0 Å². The normalized spacial score (nSPS) is 11.1. The van der Waals surface area contributed by atoms with Gasteiger partial charge in [0.2, 0.25) is 0 Å². The smallest absolute Gasteiger partial charge is 0.329 e. The molecule has 0 radical (unpaired) electrons. The third kappa shape index (κ3) is 4.29.